The van der Waals surface area contributed by atoms with E-state index in [4.69, 9.17) is 33.0 Å². The predicted molar refractivity (Wildman–Crippen MR) is 144 cm³/mol. The first-order valence-electron chi connectivity index (χ1n) is 11.3. The van der Waals surface area contributed by atoms with Crippen LogP contribution in [0.4, 0.5) is 5.69 Å². The van der Waals surface area contributed by atoms with Crippen LogP contribution in [-0.4, -0.2) is 22.6 Å². The van der Waals surface area contributed by atoms with E-state index in [1.807, 2.05) is 37.3 Å². The molecular weight excluding hydrogens is 482 g/mol. The number of nitrogens with zero attached hydrogens (tertiary/aromatic N) is 1. The molecule has 2 N–H and O–H groups in total. The lowest BCUT2D eigenvalue weighted by Gasteiger charge is -2.12. The molecule has 1 unspecified atom stereocenters. The van der Waals surface area contributed by atoms with Crippen LogP contribution in [0.3, 0.4) is 0 Å². The number of rotatable bonds is 7. The molecule has 35 heavy (non-hydrogen) atoms. The predicted octanol–water partition coefficient (Wildman–Crippen LogP) is 6.86. The number of amides is 1. The fourth-order valence-corrected chi connectivity index (χ4v) is 4.04. The van der Waals surface area contributed by atoms with E-state index in [2.05, 4.69) is 41.6 Å². The van der Waals surface area contributed by atoms with Crippen LogP contribution in [0.5, 0.6) is 5.75 Å². The largest absolute Gasteiger partial charge is 0.483 e. The zero-order valence-electron chi connectivity index (χ0n) is 19.7. The molecule has 6 nitrogen and oxygen atoms in total. The zero-order valence-corrected chi connectivity index (χ0v) is 21.3. The molecule has 0 aliphatic heterocycles. The number of thiocarbonyl (C=S) groups is 1. The Bertz CT molecular complexity index is 1390. The van der Waals surface area contributed by atoms with Crippen molar-refractivity contribution in [3.05, 3.63) is 76.8 Å². The van der Waals surface area contributed by atoms with Gasteiger partial charge < -0.3 is 14.5 Å². The van der Waals surface area contributed by atoms with E-state index < -0.39 is 0 Å². The van der Waals surface area contributed by atoms with Gasteiger partial charge in [-0.15, -0.1) is 0 Å². The molecule has 3 aromatic carbocycles. The Morgan fingerprint density at radius 1 is 1.17 bits per heavy atom. The first-order valence-corrected chi connectivity index (χ1v) is 12.1. The number of fused-ring (bicyclic) bond motifs is 1. The highest BCUT2D eigenvalue weighted by Gasteiger charge is 2.12. The summed E-state index contributed by atoms with van der Waals surface area (Å²) in [7, 11) is 0. The number of nitrogens with one attached hydrogen (secondary N) is 2. The van der Waals surface area contributed by atoms with Gasteiger partial charge in [-0.25, -0.2) is 4.98 Å². The van der Waals surface area contributed by atoms with Gasteiger partial charge in [0.2, 0.25) is 5.89 Å². The van der Waals surface area contributed by atoms with Gasteiger partial charge >= 0.3 is 0 Å². The highest BCUT2D eigenvalue weighted by molar-refractivity contribution is 7.80. The Balaban J connectivity index is 1.38. The molecule has 1 atom stereocenters. The summed E-state index contributed by atoms with van der Waals surface area (Å²) in [6, 6.07) is 18.8. The summed E-state index contributed by atoms with van der Waals surface area (Å²) < 4.78 is 11.5. The Morgan fingerprint density at radius 2 is 2.00 bits per heavy atom. The van der Waals surface area contributed by atoms with Gasteiger partial charge in [-0.3, -0.25) is 10.1 Å². The Kier molecular flexibility index (Phi) is 7.68. The Labute approximate surface area is 214 Å². The number of hydrogen-bond donors (Lipinski definition) is 2. The van der Waals surface area contributed by atoms with E-state index in [1.165, 1.54) is 5.56 Å². The highest BCUT2D eigenvalue weighted by atomic mass is 35.5. The monoisotopic (exact) mass is 507 g/mol. The third-order valence-corrected chi connectivity index (χ3v) is 6.15. The zero-order chi connectivity index (χ0) is 24.9. The maximum Gasteiger partial charge on any atom is 0.264 e. The minimum Gasteiger partial charge on any atom is -0.483 e. The highest BCUT2D eigenvalue weighted by Crippen LogP contribution is 2.29. The molecule has 0 radical (unpaired) electrons. The van der Waals surface area contributed by atoms with Crippen molar-refractivity contribution in [3.8, 4) is 17.2 Å². The van der Waals surface area contributed by atoms with Crippen LogP contribution < -0.4 is 15.4 Å². The third kappa shape index (κ3) is 6.18. The number of hydrogen-bond acceptors (Lipinski definition) is 5. The molecule has 8 heteroatoms. The van der Waals surface area contributed by atoms with Gasteiger partial charge in [0, 0.05) is 16.3 Å². The summed E-state index contributed by atoms with van der Waals surface area (Å²) in [4.78, 5) is 16.9. The second-order valence-electron chi connectivity index (χ2n) is 8.34. The number of oxazole rings is 1. The Morgan fingerprint density at radius 3 is 2.77 bits per heavy atom. The first kappa shape index (κ1) is 24.7. The van der Waals surface area contributed by atoms with Gasteiger partial charge in [0.25, 0.3) is 5.91 Å². The smallest absolute Gasteiger partial charge is 0.264 e. The minimum atomic E-state index is -0.371. The van der Waals surface area contributed by atoms with Crippen LogP contribution in [0.1, 0.15) is 37.3 Å². The van der Waals surface area contributed by atoms with Crippen LogP contribution in [0.15, 0.2) is 65.1 Å². The average molecular weight is 508 g/mol. The van der Waals surface area contributed by atoms with Gasteiger partial charge in [-0.1, -0.05) is 37.6 Å². The second-order valence-corrected chi connectivity index (χ2v) is 9.18. The average Bonchev–Trinajstić information content (AvgIpc) is 3.26. The minimum absolute atomic E-state index is 0.166. The normalized spacial score (nSPS) is 11.8. The number of benzene rings is 3. The molecule has 0 aliphatic rings. The van der Waals surface area contributed by atoms with Crippen LogP contribution in [-0.2, 0) is 4.79 Å². The lowest BCUT2D eigenvalue weighted by molar-refractivity contribution is -0.121. The number of anilines is 1. The number of aromatic nitrogens is 1. The van der Waals surface area contributed by atoms with Gasteiger partial charge in [0.05, 0.1) is 0 Å². The van der Waals surface area contributed by atoms with Crippen LogP contribution in [0.2, 0.25) is 5.02 Å². The summed E-state index contributed by atoms with van der Waals surface area (Å²) in [6.45, 7) is 6.05. The Hall–Kier alpha value is -3.42. The molecule has 1 heterocycles. The van der Waals surface area contributed by atoms with E-state index in [-0.39, 0.29) is 17.6 Å². The van der Waals surface area contributed by atoms with Gasteiger partial charge in [-0.05, 0) is 91.1 Å². The summed E-state index contributed by atoms with van der Waals surface area (Å²) in [5, 5.41) is 6.42. The van der Waals surface area contributed by atoms with Crippen LogP contribution in [0.25, 0.3) is 22.6 Å². The van der Waals surface area contributed by atoms with Crippen molar-refractivity contribution in [1.29, 1.82) is 0 Å². The van der Waals surface area contributed by atoms with E-state index in [9.17, 15) is 4.79 Å². The number of carbonyl (C=O) groups is 1. The van der Waals surface area contributed by atoms with Crippen molar-refractivity contribution >= 4 is 51.6 Å². The van der Waals surface area contributed by atoms with E-state index >= 15 is 0 Å². The molecule has 0 saturated heterocycles. The van der Waals surface area contributed by atoms with Crippen molar-refractivity contribution in [2.45, 2.75) is 33.1 Å². The maximum absolute atomic E-state index is 12.3. The quantitative estimate of drug-likeness (QED) is 0.266. The van der Waals surface area contributed by atoms with Crippen molar-refractivity contribution in [1.82, 2.24) is 10.3 Å². The summed E-state index contributed by atoms with van der Waals surface area (Å²) in [5.74, 6) is 1.20. The molecule has 180 valence electrons. The number of halogens is 1. The van der Waals surface area contributed by atoms with Crippen molar-refractivity contribution in [3.63, 3.8) is 0 Å². The van der Waals surface area contributed by atoms with Crippen molar-refractivity contribution in [2.24, 2.45) is 0 Å². The topological polar surface area (TPSA) is 76.4 Å². The molecule has 0 saturated carbocycles. The van der Waals surface area contributed by atoms with Gasteiger partial charge in [0.1, 0.15) is 11.3 Å². The van der Waals surface area contributed by atoms with Crippen molar-refractivity contribution in [2.75, 3.05) is 11.9 Å². The molecule has 0 spiro atoms. The molecule has 0 bridgehead atoms. The van der Waals surface area contributed by atoms with E-state index in [0.29, 0.717) is 28.3 Å². The SMILES string of the molecule is CCC(C)c1ccc2oc(-c3cccc(NC(=S)NC(=O)COc4ccc(Cl)cc4C)c3)nc2c1. The van der Waals surface area contributed by atoms with E-state index in [0.717, 1.165) is 28.6 Å². The number of carbonyl (C=O) groups excluding carboxylic acids is 1. The maximum atomic E-state index is 12.3. The summed E-state index contributed by atoms with van der Waals surface area (Å²) in [5.41, 5.74) is 5.15. The molecule has 1 amide bonds. The molecule has 4 rings (SSSR count). The van der Waals surface area contributed by atoms with E-state index in [1.54, 1.807) is 18.2 Å². The number of aryl methyl sites for hydroxylation is 1. The third-order valence-electron chi connectivity index (χ3n) is 5.71. The molecule has 4 aromatic rings. The van der Waals surface area contributed by atoms with Gasteiger partial charge in [0.15, 0.2) is 17.3 Å². The summed E-state index contributed by atoms with van der Waals surface area (Å²) in [6.07, 6.45) is 1.06. The second kappa shape index (κ2) is 10.9. The summed E-state index contributed by atoms with van der Waals surface area (Å²) >= 11 is 11.2. The molecule has 1 aromatic heterocycles. The van der Waals surface area contributed by atoms with Crippen LogP contribution >= 0.6 is 23.8 Å². The van der Waals surface area contributed by atoms with Crippen molar-refractivity contribution < 1.29 is 13.9 Å². The van der Waals surface area contributed by atoms with Crippen LogP contribution in [0, 0.1) is 6.92 Å². The molecule has 0 aliphatic carbocycles. The lowest BCUT2D eigenvalue weighted by atomic mass is 9.98. The molecule has 0 fully saturated rings. The fourth-order valence-electron chi connectivity index (χ4n) is 3.58. The van der Waals surface area contributed by atoms with Gasteiger partial charge in [-0.2, -0.15) is 0 Å². The standard InChI is InChI=1S/C27H26ClN3O3S/c1-4-16(2)18-8-10-24-22(14-18)30-26(34-24)19-6-5-7-21(13-19)29-27(35)31-25(32)15-33-23-11-9-20(28)12-17(23)3/h5-14,16H,4,15H2,1-3H3,(H2,29,31,32,35). The lowest BCUT2D eigenvalue weighted by Crippen LogP contribution is -2.37. The first-order chi connectivity index (χ1) is 16.8. The number of ether oxygens (including phenoxy) is 1. The molecular formula is C27H26ClN3O3S. The fraction of sp³-hybridized carbons (Fsp3) is 0.222.